The van der Waals surface area contributed by atoms with Crippen molar-refractivity contribution in [1.82, 2.24) is 0 Å². The molecule has 0 unspecified atom stereocenters. The zero-order chi connectivity index (χ0) is 15.7. The second-order valence-corrected chi connectivity index (χ2v) is 7.60. The maximum Gasteiger partial charge on any atom is 0.261 e. The van der Waals surface area contributed by atoms with Gasteiger partial charge in [0, 0.05) is 9.86 Å². The highest BCUT2D eigenvalue weighted by Crippen LogP contribution is 2.30. The normalized spacial score (nSPS) is 11.5. The number of hydrogen-bond acceptors (Lipinski definition) is 2. The van der Waals surface area contributed by atoms with Crippen LogP contribution in [-0.2, 0) is 10.0 Å². The summed E-state index contributed by atoms with van der Waals surface area (Å²) in [6, 6.07) is 18.0. The van der Waals surface area contributed by atoms with Crippen LogP contribution in [0.1, 0.15) is 5.56 Å². The quantitative estimate of drug-likeness (QED) is 0.720. The molecule has 0 spiro atoms. The van der Waals surface area contributed by atoms with E-state index in [1.54, 1.807) is 30.3 Å². The molecule has 3 aromatic rings. The summed E-state index contributed by atoms with van der Waals surface area (Å²) in [6.07, 6.45) is 0. The molecule has 0 aromatic heterocycles. The van der Waals surface area contributed by atoms with E-state index in [1.807, 2.05) is 37.3 Å². The first-order valence-corrected chi connectivity index (χ1v) is 9.02. The van der Waals surface area contributed by atoms with Crippen molar-refractivity contribution in [1.29, 1.82) is 0 Å². The van der Waals surface area contributed by atoms with Crippen molar-refractivity contribution in [2.24, 2.45) is 0 Å². The summed E-state index contributed by atoms with van der Waals surface area (Å²) in [6.45, 7) is 1.92. The van der Waals surface area contributed by atoms with Crippen molar-refractivity contribution in [3.05, 3.63) is 70.7 Å². The van der Waals surface area contributed by atoms with Gasteiger partial charge < -0.3 is 0 Å². The number of benzene rings is 3. The average molecular weight is 376 g/mol. The molecule has 3 rings (SSSR count). The summed E-state index contributed by atoms with van der Waals surface area (Å²) < 4.78 is 28.6. The Kier molecular flexibility index (Phi) is 3.93. The van der Waals surface area contributed by atoms with Crippen LogP contribution in [0, 0.1) is 6.92 Å². The molecule has 0 heterocycles. The van der Waals surface area contributed by atoms with Gasteiger partial charge in [0.2, 0.25) is 0 Å². The predicted molar refractivity (Wildman–Crippen MR) is 93.6 cm³/mol. The van der Waals surface area contributed by atoms with E-state index >= 15 is 0 Å². The minimum Gasteiger partial charge on any atom is -0.279 e. The largest absolute Gasteiger partial charge is 0.279 e. The third-order valence-electron chi connectivity index (χ3n) is 3.44. The maximum absolute atomic E-state index is 12.5. The van der Waals surface area contributed by atoms with E-state index in [-0.39, 0.29) is 4.90 Å². The lowest BCUT2D eigenvalue weighted by Crippen LogP contribution is -2.13. The number of anilines is 1. The number of sulfonamides is 1. The first-order chi connectivity index (χ1) is 10.5. The van der Waals surface area contributed by atoms with Crippen LogP contribution in [0.15, 0.2) is 70.0 Å². The molecule has 112 valence electrons. The number of nitrogens with one attached hydrogen (secondary N) is 1. The highest BCUT2D eigenvalue weighted by Gasteiger charge is 2.15. The van der Waals surface area contributed by atoms with Crippen LogP contribution in [0.25, 0.3) is 10.8 Å². The van der Waals surface area contributed by atoms with Crippen LogP contribution in [0.5, 0.6) is 0 Å². The number of aryl methyl sites for hydroxylation is 1. The molecule has 5 heteroatoms. The van der Waals surface area contributed by atoms with Crippen LogP contribution in [0.3, 0.4) is 0 Å². The lowest BCUT2D eigenvalue weighted by molar-refractivity contribution is 0.601. The van der Waals surface area contributed by atoms with Gasteiger partial charge in [0.05, 0.1) is 10.6 Å². The molecule has 3 nitrogen and oxygen atoms in total. The van der Waals surface area contributed by atoms with Gasteiger partial charge in [-0.2, -0.15) is 0 Å². The fraction of sp³-hybridized carbons (Fsp3) is 0.0588. The van der Waals surface area contributed by atoms with Gasteiger partial charge in [-0.05, 0) is 36.6 Å². The first-order valence-electron chi connectivity index (χ1n) is 6.74. The Hall–Kier alpha value is -1.85. The van der Waals surface area contributed by atoms with E-state index in [0.717, 1.165) is 20.8 Å². The summed E-state index contributed by atoms with van der Waals surface area (Å²) in [5.74, 6) is 0. The van der Waals surface area contributed by atoms with E-state index < -0.39 is 10.0 Å². The Balaban J connectivity index is 2.06. The van der Waals surface area contributed by atoms with Crippen LogP contribution in [-0.4, -0.2) is 8.42 Å². The number of halogens is 1. The van der Waals surface area contributed by atoms with E-state index in [1.165, 1.54) is 0 Å². The first kappa shape index (κ1) is 15.1. The molecule has 0 aliphatic rings. The van der Waals surface area contributed by atoms with Crippen LogP contribution >= 0.6 is 15.9 Å². The Bertz CT molecular complexity index is 935. The topological polar surface area (TPSA) is 46.2 Å². The van der Waals surface area contributed by atoms with Gasteiger partial charge in [0.1, 0.15) is 0 Å². The summed E-state index contributed by atoms with van der Waals surface area (Å²) in [7, 11) is -3.60. The molecular weight excluding hydrogens is 362 g/mol. The summed E-state index contributed by atoms with van der Waals surface area (Å²) in [4.78, 5) is 0.255. The molecule has 0 saturated carbocycles. The minimum atomic E-state index is -3.60. The lowest BCUT2D eigenvalue weighted by Gasteiger charge is -2.11. The van der Waals surface area contributed by atoms with Crippen molar-refractivity contribution in [2.45, 2.75) is 11.8 Å². The standard InChI is InChI=1S/C17H14BrNO2S/c1-12-8-10-13(11-9-12)22(20,21)19-17-7-3-4-14-15(17)5-2-6-16(14)18/h2-11,19H,1H3. The molecule has 0 aliphatic carbocycles. The monoisotopic (exact) mass is 375 g/mol. The molecule has 0 atom stereocenters. The zero-order valence-corrected chi connectivity index (χ0v) is 14.3. The van der Waals surface area contributed by atoms with E-state index in [0.29, 0.717) is 5.69 Å². The summed E-state index contributed by atoms with van der Waals surface area (Å²) in [5.41, 5.74) is 1.59. The highest BCUT2D eigenvalue weighted by atomic mass is 79.9. The predicted octanol–water partition coefficient (Wildman–Crippen LogP) is 4.71. The molecule has 0 aliphatic heterocycles. The van der Waals surface area contributed by atoms with Crippen molar-refractivity contribution >= 4 is 42.4 Å². The Morgan fingerprint density at radius 3 is 2.23 bits per heavy atom. The molecule has 0 saturated heterocycles. The van der Waals surface area contributed by atoms with Crippen LogP contribution < -0.4 is 4.72 Å². The van der Waals surface area contributed by atoms with E-state index in [9.17, 15) is 8.42 Å². The molecular formula is C17H14BrNO2S. The zero-order valence-electron chi connectivity index (χ0n) is 11.9. The molecule has 0 amide bonds. The Morgan fingerprint density at radius 1 is 0.864 bits per heavy atom. The van der Waals surface area contributed by atoms with Crippen molar-refractivity contribution < 1.29 is 8.42 Å². The smallest absolute Gasteiger partial charge is 0.261 e. The second kappa shape index (κ2) is 5.74. The van der Waals surface area contributed by atoms with Gasteiger partial charge >= 0.3 is 0 Å². The maximum atomic E-state index is 12.5. The van der Waals surface area contributed by atoms with Crippen LogP contribution in [0.2, 0.25) is 0 Å². The lowest BCUT2D eigenvalue weighted by atomic mass is 10.1. The molecule has 1 N–H and O–H groups in total. The van der Waals surface area contributed by atoms with Gasteiger partial charge in [-0.25, -0.2) is 8.42 Å². The van der Waals surface area contributed by atoms with Gasteiger partial charge in [-0.15, -0.1) is 0 Å². The summed E-state index contributed by atoms with van der Waals surface area (Å²) in [5, 5.41) is 1.82. The van der Waals surface area contributed by atoms with E-state index in [2.05, 4.69) is 20.7 Å². The third kappa shape index (κ3) is 2.87. The fourth-order valence-corrected chi connectivity index (χ4v) is 3.86. The molecule has 0 fully saturated rings. The van der Waals surface area contributed by atoms with Gasteiger partial charge in [-0.3, -0.25) is 4.72 Å². The number of fused-ring (bicyclic) bond motifs is 1. The Morgan fingerprint density at radius 2 is 1.50 bits per heavy atom. The number of rotatable bonds is 3. The highest BCUT2D eigenvalue weighted by molar-refractivity contribution is 9.10. The third-order valence-corrected chi connectivity index (χ3v) is 5.52. The second-order valence-electron chi connectivity index (χ2n) is 5.06. The van der Waals surface area contributed by atoms with Crippen molar-refractivity contribution in [3.63, 3.8) is 0 Å². The van der Waals surface area contributed by atoms with Gasteiger partial charge in [0.25, 0.3) is 10.0 Å². The van der Waals surface area contributed by atoms with Crippen LogP contribution in [0.4, 0.5) is 5.69 Å². The molecule has 0 radical (unpaired) electrons. The van der Waals surface area contributed by atoms with Crippen molar-refractivity contribution in [2.75, 3.05) is 4.72 Å². The van der Waals surface area contributed by atoms with Crippen molar-refractivity contribution in [3.8, 4) is 0 Å². The molecule has 22 heavy (non-hydrogen) atoms. The fourth-order valence-electron chi connectivity index (χ4n) is 2.28. The van der Waals surface area contributed by atoms with E-state index in [4.69, 9.17) is 0 Å². The van der Waals surface area contributed by atoms with Gasteiger partial charge in [-0.1, -0.05) is 57.9 Å². The number of hydrogen-bond donors (Lipinski definition) is 1. The minimum absolute atomic E-state index is 0.255. The molecule has 0 bridgehead atoms. The average Bonchev–Trinajstić information content (AvgIpc) is 2.48. The SMILES string of the molecule is Cc1ccc(S(=O)(=O)Nc2cccc3c(Br)cccc23)cc1. The summed E-state index contributed by atoms with van der Waals surface area (Å²) >= 11 is 3.49. The molecule has 3 aromatic carbocycles. The van der Waals surface area contributed by atoms with Gasteiger partial charge in [0.15, 0.2) is 0 Å². The Labute approximate surface area is 138 Å².